The summed E-state index contributed by atoms with van der Waals surface area (Å²) in [5, 5.41) is 7.53. The molecular formula is C19H24Cl2FN3O. The molecule has 2 aromatic rings. The Morgan fingerprint density at radius 1 is 1.15 bits per heavy atom. The summed E-state index contributed by atoms with van der Waals surface area (Å²) < 4.78 is 13.9. The first-order valence-corrected chi connectivity index (χ1v) is 9.59. The molecule has 7 heteroatoms. The minimum Gasteiger partial charge on any atom is -0.383 e. The molecule has 142 valence electrons. The molecule has 0 atom stereocenters. The topological polar surface area (TPSA) is 46.9 Å². The molecule has 0 spiro atoms. The van der Waals surface area contributed by atoms with Crippen LogP contribution in [0.15, 0.2) is 35.3 Å². The van der Waals surface area contributed by atoms with E-state index in [-0.39, 0.29) is 27.5 Å². The summed E-state index contributed by atoms with van der Waals surface area (Å²) in [6.07, 6.45) is 7.00. The lowest BCUT2D eigenvalue weighted by atomic mass is 9.96. The van der Waals surface area contributed by atoms with Crippen molar-refractivity contribution in [3.63, 3.8) is 0 Å². The van der Waals surface area contributed by atoms with Gasteiger partial charge in [-0.1, -0.05) is 42.5 Å². The van der Waals surface area contributed by atoms with Crippen LogP contribution >= 0.6 is 23.2 Å². The third-order valence-corrected chi connectivity index (χ3v) is 4.87. The third kappa shape index (κ3) is 5.99. The molecule has 1 aromatic carbocycles. The SMILES string of the molecule is CC(C)Nc1ccc(F)cc1.O=c1c(Cl)c(Cl)cnn1C1CCCCC1. The second-order valence-corrected chi connectivity index (χ2v) is 7.44. The van der Waals surface area contributed by atoms with Crippen LogP contribution in [0.2, 0.25) is 10.0 Å². The van der Waals surface area contributed by atoms with Crippen LogP contribution in [0.1, 0.15) is 52.0 Å². The minimum atomic E-state index is -0.268. The molecule has 1 aliphatic carbocycles. The van der Waals surface area contributed by atoms with Gasteiger partial charge < -0.3 is 5.32 Å². The quantitative estimate of drug-likeness (QED) is 0.719. The van der Waals surface area contributed by atoms with E-state index in [0.29, 0.717) is 6.04 Å². The van der Waals surface area contributed by atoms with Crippen molar-refractivity contribution in [3.05, 3.63) is 56.7 Å². The lowest BCUT2D eigenvalue weighted by Crippen LogP contribution is -2.28. The highest BCUT2D eigenvalue weighted by Gasteiger charge is 2.19. The molecular weight excluding hydrogens is 376 g/mol. The first-order chi connectivity index (χ1) is 12.4. The molecule has 1 saturated carbocycles. The number of halogens is 3. The summed E-state index contributed by atoms with van der Waals surface area (Å²) >= 11 is 11.5. The summed E-state index contributed by atoms with van der Waals surface area (Å²) in [5.74, 6) is -0.195. The van der Waals surface area contributed by atoms with Crippen molar-refractivity contribution in [2.45, 2.75) is 58.0 Å². The highest BCUT2D eigenvalue weighted by molar-refractivity contribution is 6.41. The summed E-state index contributed by atoms with van der Waals surface area (Å²) in [6, 6.07) is 6.95. The van der Waals surface area contributed by atoms with E-state index >= 15 is 0 Å². The number of rotatable bonds is 3. The molecule has 0 aliphatic heterocycles. The highest BCUT2D eigenvalue weighted by Crippen LogP contribution is 2.27. The van der Waals surface area contributed by atoms with Crippen LogP contribution in [0, 0.1) is 5.82 Å². The molecule has 3 rings (SSSR count). The van der Waals surface area contributed by atoms with Crippen LogP contribution < -0.4 is 10.9 Å². The maximum Gasteiger partial charge on any atom is 0.287 e. The Hall–Kier alpha value is -1.59. The first-order valence-electron chi connectivity index (χ1n) is 8.83. The van der Waals surface area contributed by atoms with Crippen LogP contribution in [0.5, 0.6) is 0 Å². The zero-order valence-corrected chi connectivity index (χ0v) is 16.5. The summed E-state index contributed by atoms with van der Waals surface area (Å²) in [7, 11) is 0. The van der Waals surface area contributed by atoms with Crippen molar-refractivity contribution in [3.8, 4) is 0 Å². The lowest BCUT2D eigenvalue weighted by molar-refractivity contribution is 0.318. The van der Waals surface area contributed by atoms with Gasteiger partial charge in [0.1, 0.15) is 10.8 Å². The molecule has 1 aliphatic rings. The molecule has 26 heavy (non-hydrogen) atoms. The summed E-state index contributed by atoms with van der Waals surface area (Å²) in [5.41, 5.74) is 0.692. The van der Waals surface area contributed by atoms with Crippen molar-refractivity contribution in [1.29, 1.82) is 0 Å². The maximum atomic E-state index is 12.4. The Bertz CT molecular complexity index is 756. The van der Waals surface area contributed by atoms with Crippen LogP contribution in [-0.4, -0.2) is 15.8 Å². The molecule has 4 nitrogen and oxygen atoms in total. The molecule has 1 fully saturated rings. The maximum absolute atomic E-state index is 12.4. The number of nitrogens with one attached hydrogen (secondary N) is 1. The number of anilines is 1. The van der Waals surface area contributed by atoms with Gasteiger partial charge in [0, 0.05) is 11.7 Å². The lowest BCUT2D eigenvalue weighted by Gasteiger charge is -2.22. The Kier molecular flexibility index (Phi) is 7.91. The zero-order valence-electron chi connectivity index (χ0n) is 15.0. The fraction of sp³-hybridized carbons (Fsp3) is 0.474. The van der Waals surface area contributed by atoms with Gasteiger partial charge in [-0.15, -0.1) is 0 Å². The zero-order chi connectivity index (χ0) is 19.1. The molecule has 0 unspecified atom stereocenters. The van der Waals surface area contributed by atoms with Crippen LogP contribution in [-0.2, 0) is 0 Å². The largest absolute Gasteiger partial charge is 0.383 e. The van der Waals surface area contributed by atoms with E-state index in [1.54, 1.807) is 12.1 Å². The number of nitrogens with zero attached hydrogens (tertiary/aromatic N) is 2. The van der Waals surface area contributed by atoms with E-state index in [9.17, 15) is 9.18 Å². The van der Waals surface area contributed by atoms with Gasteiger partial charge in [-0.05, 0) is 51.0 Å². The van der Waals surface area contributed by atoms with Gasteiger partial charge in [-0.3, -0.25) is 4.79 Å². The van der Waals surface area contributed by atoms with Gasteiger partial charge in [0.2, 0.25) is 0 Å². The Morgan fingerprint density at radius 3 is 2.35 bits per heavy atom. The number of hydrogen-bond acceptors (Lipinski definition) is 3. The minimum absolute atomic E-state index is 0.0808. The van der Waals surface area contributed by atoms with Gasteiger partial charge in [-0.25, -0.2) is 9.07 Å². The van der Waals surface area contributed by atoms with Crippen LogP contribution in [0.3, 0.4) is 0 Å². The van der Waals surface area contributed by atoms with E-state index in [0.717, 1.165) is 31.4 Å². The molecule has 0 bridgehead atoms. The van der Waals surface area contributed by atoms with Crippen molar-refractivity contribution in [2.24, 2.45) is 0 Å². The van der Waals surface area contributed by atoms with Gasteiger partial charge in [0.15, 0.2) is 0 Å². The smallest absolute Gasteiger partial charge is 0.287 e. The summed E-state index contributed by atoms with van der Waals surface area (Å²) in [6.45, 7) is 4.09. The molecule has 1 N–H and O–H groups in total. The van der Waals surface area contributed by atoms with Gasteiger partial charge >= 0.3 is 0 Å². The van der Waals surface area contributed by atoms with Gasteiger partial charge in [-0.2, -0.15) is 5.10 Å². The average Bonchev–Trinajstić information content (AvgIpc) is 2.63. The molecule has 1 aromatic heterocycles. The molecule has 0 radical (unpaired) electrons. The normalized spacial score (nSPS) is 14.7. The highest BCUT2D eigenvalue weighted by atomic mass is 35.5. The van der Waals surface area contributed by atoms with Crippen molar-refractivity contribution >= 4 is 28.9 Å². The Morgan fingerprint density at radius 2 is 1.77 bits per heavy atom. The van der Waals surface area contributed by atoms with Crippen molar-refractivity contribution < 1.29 is 4.39 Å². The van der Waals surface area contributed by atoms with Gasteiger partial charge in [0.05, 0.1) is 17.3 Å². The predicted molar refractivity (Wildman–Crippen MR) is 106 cm³/mol. The van der Waals surface area contributed by atoms with E-state index < -0.39 is 0 Å². The predicted octanol–water partition coefficient (Wildman–Crippen LogP) is 5.70. The molecule has 0 amide bonds. The number of hydrogen-bond donors (Lipinski definition) is 1. The molecule has 0 saturated heterocycles. The number of aromatic nitrogens is 2. The van der Waals surface area contributed by atoms with Crippen molar-refractivity contribution in [1.82, 2.24) is 9.78 Å². The monoisotopic (exact) mass is 399 g/mol. The molecule has 1 heterocycles. The second kappa shape index (κ2) is 9.93. The fourth-order valence-electron chi connectivity index (χ4n) is 2.89. The van der Waals surface area contributed by atoms with Crippen LogP contribution in [0.25, 0.3) is 0 Å². The van der Waals surface area contributed by atoms with Gasteiger partial charge in [0.25, 0.3) is 5.56 Å². The Labute approximate surface area is 163 Å². The second-order valence-electron chi connectivity index (χ2n) is 6.65. The van der Waals surface area contributed by atoms with Crippen LogP contribution in [0.4, 0.5) is 10.1 Å². The van der Waals surface area contributed by atoms with E-state index in [1.807, 2.05) is 13.8 Å². The standard InChI is InChI=1S/C10H12Cl2N2O.C9H12FN/c11-8-6-13-14(10(15)9(8)12)7-4-2-1-3-5-7;1-7(2)11-9-5-3-8(10)4-6-9/h6-7H,1-5H2;3-7,11H,1-2H3. The van der Waals surface area contributed by atoms with E-state index in [2.05, 4.69) is 10.4 Å². The third-order valence-electron chi connectivity index (χ3n) is 4.12. The summed E-state index contributed by atoms with van der Waals surface area (Å²) in [4.78, 5) is 11.8. The van der Waals surface area contributed by atoms with Crippen molar-refractivity contribution in [2.75, 3.05) is 5.32 Å². The van der Waals surface area contributed by atoms with E-state index in [4.69, 9.17) is 23.2 Å². The number of benzene rings is 1. The Balaban J connectivity index is 0.000000197. The first kappa shape index (κ1) is 20.7. The fourth-order valence-corrected chi connectivity index (χ4v) is 3.15. The van der Waals surface area contributed by atoms with E-state index in [1.165, 1.54) is 29.4 Å². The average molecular weight is 400 g/mol.